The van der Waals surface area contributed by atoms with Gasteiger partial charge in [0.2, 0.25) is 0 Å². The van der Waals surface area contributed by atoms with E-state index in [1.54, 1.807) is 6.20 Å². The number of fused-ring (bicyclic) bond motifs is 2. The van der Waals surface area contributed by atoms with E-state index in [4.69, 9.17) is 16.9 Å². The van der Waals surface area contributed by atoms with E-state index in [1.165, 1.54) is 0 Å². The molecule has 3 nitrogen and oxygen atoms in total. The molecule has 3 rings (SSSR count). The summed E-state index contributed by atoms with van der Waals surface area (Å²) in [5.74, 6) is 1.12. The van der Waals surface area contributed by atoms with Crippen LogP contribution in [0.2, 0.25) is 5.02 Å². The highest BCUT2D eigenvalue weighted by molar-refractivity contribution is 9.10. The van der Waals surface area contributed by atoms with Crippen molar-refractivity contribution in [3.8, 4) is 6.07 Å². The molecule has 1 aromatic rings. The first kappa shape index (κ1) is 12.3. The van der Waals surface area contributed by atoms with Gasteiger partial charge in [-0.25, -0.2) is 4.98 Å². The van der Waals surface area contributed by atoms with Crippen LogP contribution in [0.5, 0.6) is 0 Å². The SMILES string of the molecule is N#C[C@H]1CC[C@@]2(CC1)CNc1ncc(Br)c(Cl)c12. The maximum absolute atomic E-state index is 9.00. The first-order chi connectivity index (χ1) is 8.66. The van der Waals surface area contributed by atoms with Gasteiger partial charge in [-0.2, -0.15) is 5.26 Å². The second-order valence-electron chi connectivity index (χ2n) is 5.18. The normalized spacial score (nSPS) is 29.7. The van der Waals surface area contributed by atoms with Crippen molar-refractivity contribution in [1.82, 2.24) is 4.98 Å². The smallest absolute Gasteiger partial charge is 0.131 e. The Bertz CT molecular complexity index is 530. The Morgan fingerprint density at radius 2 is 2.22 bits per heavy atom. The molecule has 0 amide bonds. The monoisotopic (exact) mass is 325 g/mol. The number of hydrogen-bond acceptors (Lipinski definition) is 3. The first-order valence-electron chi connectivity index (χ1n) is 6.14. The molecule has 0 unspecified atom stereocenters. The minimum Gasteiger partial charge on any atom is -0.369 e. The van der Waals surface area contributed by atoms with E-state index in [2.05, 4.69) is 32.3 Å². The topological polar surface area (TPSA) is 48.7 Å². The fraction of sp³-hybridized carbons (Fsp3) is 0.538. The second kappa shape index (κ2) is 4.40. The minimum absolute atomic E-state index is 0.0799. The molecular formula is C13H13BrClN3. The van der Waals surface area contributed by atoms with Crippen molar-refractivity contribution in [2.75, 3.05) is 11.9 Å². The predicted molar refractivity (Wildman–Crippen MR) is 74.7 cm³/mol. The van der Waals surface area contributed by atoms with E-state index in [0.29, 0.717) is 0 Å². The summed E-state index contributed by atoms with van der Waals surface area (Å²) in [6.07, 6.45) is 5.70. The van der Waals surface area contributed by atoms with Gasteiger partial charge in [-0.15, -0.1) is 0 Å². The molecule has 0 radical (unpaired) electrons. The highest BCUT2D eigenvalue weighted by Crippen LogP contribution is 2.50. The third-order valence-electron chi connectivity index (χ3n) is 4.22. The number of anilines is 1. The van der Waals surface area contributed by atoms with E-state index >= 15 is 0 Å². The molecule has 1 spiro atoms. The van der Waals surface area contributed by atoms with Crippen molar-refractivity contribution in [2.24, 2.45) is 5.92 Å². The minimum atomic E-state index is 0.0799. The van der Waals surface area contributed by atoms with Gasteiger partial charge in [0.05, 0.1) is 15.6 Å². The zero-order valence-electron chi connectivity index (χ0n) is 9.84. The van der Waals surface area contributed by atoms with Gasteiger partial charge in [0, 0.05) is 29.6 Å². The molecule has 1 aliphatic carbocycles. The molecule has 18 heavy (non-hydrogen) atoms. The lowest BCUT2D eigenvalue weighted by atomic mass is 9.68. The van der Waals surface area contributed by atoms with Crippen molar-refractivity contribution >= 4 is 33.3 Å². The maximum atomic E-state index is 9.00. The van der Waals surface area contributed by atoms with Crippen LogP contribution < -0.4 is 5.32 Å². The van der Waals surface area contributed by atoms with E-state index in [9.17, 15) is 0 Å². The summed E-state index contributed by atoms with van der Waals surface area (Å²) in [5.41, 5.74) is 1.23. The summed E-state index contributed by atoms with van der Waals surface area (Å²) in [6.45, 7) is 0.893. The molecule has 94 valence electrons. The van der Waals surface area contributed by atoms with Crippen LogP contribution in [-0.2, 0) is 5.41 Å². The molecule has 0 aromatic carbocycles. The summed E-state index contributed by atoms with van der Waals surface area (Å²) < 4.78 is 0.855. The standard InChI is InChI=1S/C13H13BrClN3/c14-9-6-17-12-10(11(9)15)13(7-18-12)3-1-8(5-16)2-4-13/h6,8H,1-4,7H2,(H,17,18)/t8-,13+. The van der Waals surface area contributed by atoms with Crippen LogP contribution in [0.25, 0.3) is 0 Å². The number of nitrogens with one attached hydrogen (secondary N) is 1. The summed E-state index contributed by atoms with van der Waals surface area (Å²) in [5, 5.41) is 13.1. The summed E-state index contributed by atoms with van der Waals surface area (Å²) in [6, 6.07) is 2.38. The van der Waals surface area contributed by atoms with Gasteiger partial charge in [-0.3, -0.25) is 0 Å². The van der Waals surface area contributed by atoms with Gasteiger partial charge in [0.1, 0.15) is 5.82 Å². The van der Waals surface area contributed by atoms with Gasteiger partial charge < -0.3 is 5.32 Å². The van der Waals surface area contributed by atoms with Gasteiger partial charge in [-0.05, 0) is 41.6 Å². The molecule has 5 heteroatoms. The van der Waals surface area contributed by atoms with Crippen LogP contribution in [0.4, 0.5) is 5.82 Å². The fourth-order valence-corrected chi connectivity index (χ4v) is 3.79. The molecule has 1 fully saturated rings. The number of nitriles is 1. The van der Waals surface area contributed by atoms with Crippen LogP contribution in [0.3, 0.4) is 0 Å². The average molecular weight is 327 g/mol. The van der Waals surface area contributed by atoms with Crippen molar-refractivity contribution < 1.29 is 0 Å². The van der Waals surface area contributed by atoms with Gasteiger partial charge in [0.15, 0.2) is 0 Å². The Morgan fingerprint density at radius 3 is 2.89 bits per heavy atom. The molecule has 1 aromatic heterocycles. The van der Waals surface area contributed by atoms with Crippen LogP contribution >= 0.6 is 27.5 Å². The summed E-state index contributed by atoms with van der Waals surface area (Å²) in [7, 11) is 0. The summed E-state index contributed by atoms with van der Waals surface area (Å²) >= 11 is 9.89. The zero-order chi connectivity index (χ0) is 12.8. The Kier molecular flexibility index (Phi) is 2.99. The quantitative estimate of drug-likeness (QED) is 0.787. The first-order valence-corrected chi connectivity index (χ1v) is 7.31. The highest BCUT2D eigenvalue weighted by atomic mass is 79.9. The number of halogens is 2. The Labute approximate surface area is 120 Å². The maximum Gasteiger partial charge on any atom is 0.131 e. The van der Waals surface area contributed by atoms with Gasteiger partial charge >= 0.3 is 0 Å². The van der Waals surface area contributed by atoms with Crippen LogP contribution in [0.15, 0.2) is 10.7 Å². The Balaban J connectivity index is 2.00. The third kappa shape index (κ3) is 1.72. The van der Waals surface area contributed by atoms with Crippen molar-refractivity contribution in [3.63, 3.8) is 0 Å². The van der Waals surface area contributed by atoms with Crippen LogP contribution in [-0.4, -0.2) is 11.5 Å². The number of nitrogens with zero attached hydrogens (tertiary/aromatic N) is 2. The number of pyridine rings is 1. The number of hydrogen-bond donors (Lipinski definition) is 1. The van der Waals surface area contributed by atoms with Gasteiger partial charge in [-0.1, -0.05) is 11.6 Å². The molecule has 1 N–H and O–H groups in total. The van der Waals surface area contributed by atoms with Crippen LogP contribution in [0, 0.1) is 17.2 Å². The number of aromatic nitrogens is 1. The number of rotatable bonds is 0. The third-order valence-corrected chi connectivity index (χ3v) is 5.44. The van der Waals surface area contributed by atoms with E-state index in [-0.39, 0.29) is 11.3 Å². The van der Waals surface area contributed by atoms with Crippen molar-refractivity contribution in [2.45, 2.75) is 31.1 Å². The lowest BCUT2D eigenvalue weighted by molar-refractivity contribution is 0.282. The molecular weight excluding hydrogens is 314 g/mol. The van der Waals surface area contributed by atoms with Crippen molar-refractivity contribution in [3.05, 3.63) is 21.3 Å². The molecule has 1 aliphatic heterocycles. The Morgan fingerprint density at radius 1 is 1.50 bits per heavy atom. The van der Waals surface area contributed by atoms with Gasteiger partial charge in [0.25, 0.3) is 0 Å². The molecule has 0 atom stereocenters. The Hall–Kier alpha value is -0.790. The highest BCUT2D eigenvalue weighted by Gasteiger charge is 2.44. The van der Waals surface area contributed by atoms with E-state index < -0.39 is 0 Å². The molecule has 2 aliphatic rings. The van der Waals surface area contributed by atoms with E-state index in [1.807, 2.05) is 0 Å². The van der Waals surface area contributed by atoms with E-state index in [0.717, 1.165) is 53.1 Å². The fourth-order valence-electron chi connectivity index (χ4n) is 3.15. The largest absolute Gasteiger partial charge is 0.369 e. The summed E-state index contributed by atoms with van der Waals surface area (Å²) in [4.78, 5) is 4.40. The predicted octanol–water partition coefficient (Wildman–Crippen LogP) is 3.87. The molecule has 0 bridgehead atoms. The average Bonchev–Trinajstić information content (AvgIpc) is 2.75. The second-order valence-corrected chi connectivity index (χ2v) is 6.41. The molecule has 1 saturated carbocycles. The molecule has 2 heterocycles. The zero-order valence-corrected chi connectivity index (χ0v) is 12.2. The molecule has 0 saturated heterocycles. The lowest BCUT2D eigenvalue weighted by Crippen LogP contribution is -2.33. The van der Waals surface area contributed by atoms with Crippen molar-refractivity contribution in [1.29, 1.82) is 5.26 Å². The lowest BCUT2D eigenvalue weighted by Gasteiger charge is -2.35. The van der Waals surface area contributed by atoms with Crippen LogP contribution in [0.1, 0.15) is 31.2 Å².